The fraction of sp³-hybridized carbons (Fsp3) is 0.667. The molecule has 88 valence electrons. The molecule has 3 nitrogen and oxygen atoms in total. The number of hydrogen-bond donors (Lipinski definition) is 0. The average molecular weight is 238 g/mol. The highest BCUT2D eigenvalue weighted by Crippen LogP contribution is 2.25. The highest BCUT2D eigenvalue weighted by molar-refractivity contribution is 7.99. The fourth-order valence-electron chi connectivity index (χ4n) is 2.09. The summed E-state index contributed by atoms with van der Waals surface area (Å²) in [4.78, 5) is 16.1. The molecular formula is C12H18N2OS. The van der Waals surface area contributed by atoms with E-state index in [1.807, 2.05) is 29.6 Å². The van der Waals surface area contributed by atoms with Crippen LogP contribution >= 0.6 is 11.8 Å². The fourth-order valence-corrected chi connectivity index (χ4v) is 3.29. The number of carbonyl (C=O) groups is 1. The first-order valence-electron chi connectivity index (χ1n) is 5.81. The number of thioether (sulfide) groups is 1. The second-order valence-corrected chi connectivity index (χ2v) is 5.65. The maximum atomic E-state index is 11.9. The Hall–Kier alpha value is -0.770. The standard InChI is InChI=1S/C12H18N2OS/c1-14-5-4-13-12(14)9-11(15)8-10-2-6-16-7-3-10/h4-5,10H,2-3,6-9H2,1H3. The van der Waals surface area contributed by atoms with Crippen LogP contribution in [0.3, 0.4) is 0 Å². The number of imidazole rings is 1. The minimum absolute atomic E-state index is 0.339. The van der Waals surface area contributed by atoms with Crippen molar-refractivity contribution in [1.29, 1.82) is 0 Å². The average Bonchev–Trinajstić information content (AvgIpc) is 2.66. The summed E-state index contributed by atoms with van der Waals surface area (Å²) in [7, 11) is 1.94. The van der Waals surface area contributed by atoms with Gasteiger partial charge in [-0.25, -0.2) is 4.98 Å². The summed E-state index contributed by atoms with van der Waals surface area (Å²) >= 11 is 2.01. The lowest BCUT2D eigenvalue weighted by atomic mass is 9.95. The summed E-state index contributed by atoms with van der Waals surface area (Å²) in [6.45, 7) is 0. The van der Waals surface area contributed by atoms with Crippen LogP contribution in [0.5, 0.6) is 0 Å². The summed E-state index contributed by atoms with van der Waals surface area (Å²) in [5, 5.41) is 0. The number of aromatic nitrogens is 2. The third kappa shape index (κ3) is 3.11. The number of ketones is 1. The molecule has 2 rings (SSSR count). The van der Waals surface area contributed by atoms with Gasteiger partial charge in [-0.1, -0.05) is 0 Å². The van der Waals surface area contributed by atoms with Gasteiger partial charge in [0, 0.05) is 25.9 Å². The summed E-state index contributed by atoms with van der Waals surface area (Å²) in [6, 6.07) is 0. The number of nitrogens with zero attached hydrogens (tertiary/aromatic N) is 2. The lowest BCUT2D eigenvalue weighted by Crippen LogP contribution is -2.16. The van der Waals surface area contributed by atoms with Crippen molar-refractivity contribution in [2.45, 2.75) is 25.7 Å². The van der Waals surface area contributed by atoms with Crippen LogP contribution in [-0.4, -0.2) is 26.8 Å². The van der Waals surface area contributed by atoms with Crippen molar-refractivity contribution in [3.05, 3.63) is 18.2 Å². The van der Waals surface area contributed by atoms with E-state index >= 15 is 0 Å². The number of hydrogen-bond acceptors (Lipinski definition) is 3. The Balaban J connectivity index is 1.82. The lowest BCUT2D eigenvalue weighted by molar-refractivity contribution is -0.119. The molecule has 1 saturated heterocycles. The summed E-state index contributed by atoms with van der Waals surface area (Å²) < 4.78 is 1.93. The predicted octanol–water partition coefficient (Wildman–Crippen LogP) is 2.06. The van der Waals surface area contributed by atoms with Gasteiger partial charge in [-0.05, 0) is 30.3 Å². The Morgan fingerprint density at radius 3 is 2.94 bits per heavy atom. The zero-order valence-corrected chi connectivity index (χ0v) is 10.5. The van der Waals surface area contributed by atoms with E-state index in [2.05, 4.69) is 4.98 Å². The van der Waals surface area contributed by atoms with E-state index in [0.29, 0.717) is 18.1 Å². The molecule has 16 heavy (non-hydrogen) atoms. The molecule has 0 bridgehead atoms. The maximum Gasteiger partial charge on any atom is 0.140 e. The van der Waals surface area contributed by atoms with Crippen LogP contribution in [0.2, 0.25) is 0 Å². The van der Waals surface area contributed by atoms with E-state index in [9.17, 15) is 4.79 Å². The monoisotopic (exact) mass is 238 g/mol. The summed E-state index contributed by atoms with van der Waals surface area (Å²) in [5.41, 5.74) is 0. The van der Waals surface area contributed by atoms with Gasteiger partial charge in [-0.2, -0.15) is 11.8 Å². The van der Waals surface area contributed by atoms with Crippen molar-refractivity contribution >= 4 is 17.5 Å². The van der Waals surface area contributed by atoms with E-state index < -0.39 is 0 Å². The second kappa shape index (κ2) is 5.53. The molecule has 1 aliphatic heterocycles. The molecule has 1 aliphatic rings. The lowest BCUT2D eigenvalue weighted by Gasteiger charge is -2.20. The predicted molar refractivity (Wildman–Crippen MR) is 66.6 cm³/mol. The molecular weight excluding hydrogens is 220 g/mol. The molecule has 2 heterocycles. The molecule has 0 N–H and O–H groups in total. The minimum Gasteiger partial charge on any atom is -0.338 e. The molecule has 0 aromatic carbocycles. The van der Waals surface area contributed by atoms with Crippen LogP contribution in [0.1, 0.15) is 25.1 Å². The van der Waals surface area contributed by atoms with Gasteiger partial charge < -0.3 is 4.57 Å². The van der Waals surface area contributed by atoms with Gasteiger partial charge in [0.2, 0.25) is 0 Å². The van der Waals surface area contributed by atoms with Crippen LogP contribution in [0.15, 0.2) is 12.4 Å². The van der Waals surface area contributed by atoms with Gasteiger partial charge in [0.1, 0.15) is 11.6 Å². The number of carbonyl (C=O) groups excluding carboxylic acids is 1. The molecule has 4 heteroatoms. The van der Waals surface area contributed by atoms with Crippen LogP contribution < -0.4 is 0 Å². The number of aryl methyl sites for hydroxylation is 1. The van der Waals surface area contributed by atoms with Gasteiger partial charge in [0.05, 0.1) is 6.42 Å². The topological polar surface area (TPSA) is 34.9 Å². The first-order valence-corrected chi connectivity index (χ1v) is 6.97. The van der Waals surface area contributed by atoms with Crippen molar-refractivity contribution in [2.75, 3.05) is 11.5 Å². The van der Waals surface area contributed by atoms with Crippen LogP contribution in [0.4, 0.5) is 0 Å². The molecule has 0 atom stereocenters. The zero-order chi connectivity index (χ0) is 11.4. The normalized spacial score (nSPS) is 17.6. The quantitative estimate of drug-likeness (QED) is 0.805. The van der Waals surface area contributed by atoms with Gasteiger partial charge in [-0.3, -0.25) is 4.79 Å². The van der Waals surface area contributed by atoms with Crippen molar-refractivity contribution in [3.8, 4) is 0 Å². The summed E-state index contributed by atoms with van der Waals surface area (Å²) in [6.07, 6.45) is 7.29. The Morgan fingerprint density at radius 1 is 1.56 bits per heavy atom. The molecule has 0 amide bonds. The van der Waals surface area contributed by atoms with Crippen molar-refractivity contribution < 1.29 is 4.79 Å². The maximum absolute atomic E-state index is 11.9. The minimum atomic E-state index is 0.339. The van der Waals surface area contributed by atoms with Crippen molar-refractivity contribution in [1.82, 2.24) is 9.55 Å². The third-order valence-electron chi connectivity index (χ3n) is 3.13. The van der Waals surface area contributed by atoms with E-state index in [4.69, 9.17) is 0 Å². The second-order valence-electron chi connectivity index (χ2n) is 4.43. The highest BCUT2D eigenvalue weighted by Gasteiger charge is 2.18. The smallest absolute Gasteiger partial charge is 0.140 e. The van der Waals surface area contributed by atoms with E-state index in [0.717, 1.165) is 12.2 Å². The zero-order valence-electron chi connectivity index (χ0n) is 9.69. The Morgan fingerprint density at radius 2 is 2.31 bits per heavy atom. The van der Waals surface area contributed by atoms with E-state index in [1.165, 1.54) is 24.3 Å². The Labute approximate surface area is 101 Å². The molecule has 0 aliphatic carbocycles. The van der Waals surface area contributed by atoms with Gasteiger partial charge in [-0.15, -0.1) is 0 Å². The van der Waals surface area contributed by atoms with Gasteiger partial charge in [0.15, 0.2) is 0 Å². The van der Waals surface area contributed by atoms with Gasteiger partial charge >= 0.3 is 0 Å². The van der Waals surface area contributed by atoms with E-state index in [1.54, 1.807) is 6.20 Å². The van der Waals surface area contributed by atoms with Gasteiger partial charge in [0.25, 0.3) is 0 Å². The first-order chi connectivity index (χ1) is 7.75. The Bertz CT molecular complexity index is 356. The number of Topliss-reactive ketones (excluding diaryl/α,β-unsaturated/α-hetero) is 1. The summed E-state index contributed by atoms with van der Waals surface area (Å²) in [5.74, 6) is 4.29. The number of rotatable bonds is 4. The highest BCUT2D eigenvalue weighted by atomic mass is 32.2. The SMILES string of the molecule is Cn1ccnc1CC(=O)CC1CCSCC1. The van der Waals surface area contributed by atoms with E-state index in [-0.39, 0.29) is 0 Å². The molecule has 1 aromatic heterocycles. The van der Waals surface area contributed by atoms with Crippen molar-refractivity contribution in [2.24, 2.45) is 13.0 Å². The molecule has 0 radical (unpaired) electrons. The molecule has 0 spiro atoms. The largest absolute Gasteiger partial charge is 0.338 e. The molecule has 0 saturated carbocycles. The third-order valence-corrected chi connectivity index (χ3v) is 4.18. The Kier molecular flexibility index (Phi) is 4.04. The van der Waals surface area contributed by atoms with Crippen LogP contribution in [0.25, 0.3) is 0 Å². The molecule has 1 fully saturated rings. The van der Waals surface area contributed by atoms with Crippen LogP contribution in [0, 0.1) is 5.92 Å². The van der Waals surface area contributed by atoms with Crippen molar-refractivity contribution in [3.63, 3.8) is 0 Å². The first kappa shape index (κ1) is 11.7. The molecule has 1 aromatic rings. The molecule has 0 unspecified atom stereocenters. The van der Waals surface area contributed by atoms with Crippen LogP contribution in [-0.2, 0) is 18.3 Å².